The molecule has 4 rings (SSSR count). The van der Waals surface area contributed by atoms with Gasteiger partial charge in [-0.05, 0) is 48.6 Å². The molecule has 4 aromatic rings. The lowest BCUT2D eigenvalue weighted by atomic mass is 10.3. The Hall–Kier alpha value is -1.61. The zero-order valence-corrected chi connectivity index (χ0v) is 15.4. The van der Waals surface area contributed by atoms with Crippen molar-refractivity contribution in [1.82, 2.24) is 14.8 Å². The van der Waals surface area contributed by atoms with Gasteiger partial charge in [0.2, 0.25) is 0 Å². The Morgan fingerprint density at radius 1 is 1.08 bits per heavy atom. The number of halogens is 1. The first-order chi connectivity index (χ1) is 11.7. The first-order valence-electron chi connectivity index (χ1n) is 7.02. The summed E-state index contributed by atoms with van der Waals surface area (Å²) in [5.74, 6) is 0.483. The maximum atomic E-state index is 13.0. The number of para-hydroxylation sites is 1. The topological polar surface area (TPSA) is 30.7 Å². The molecule has 0 spiro atoms. The molecule has 0 aliphatic heterocycles. The predicted molar refractivity (Wildman–Crippen MR) is 101 cm³/mol. The Morgan fingerprint density at radius 3 is 2.67 bits per heavy atom. The summed E-state index contributed by atoms with van der Waals surface area (Å²) in [4.78, 5) is 4.62. The highest BCUT2D eigenvalue weighted by atomic mass is 32.2. The van der Waals surface area contributed by atoms with Gasteiger partial charge in [0.1, 0.15) is 10.8 Å². The molecular weight excluding hydrogens is 381 g/mol. The number of benzene rings is 2. The molecular formula is C16H10FN3S4. The smallest absolute Gasteiger partial charge is 0.184 e. The number of thioether (sulfide) groups is 1. The van der Waals surface area contributed by atoms with Crippen LogP contribution < -0.4 is 0 Å². The molecule has 0 aliphatic rings. The van der Waals surface area contributed by atoms with Gasteiger partial charge in [0.05, 0.1) is 21.7 Å². The Morgan fingerprint density at radius 2 is 1.88 bits per heavy atom. The Kier molecular flexibility index (Phi) is 4.45. The summed E-state index contributed by atoms with van der Waals surface area (Å²) in [6.45, 7) is 0. The van der Waals surface area contributed by atoms with Gasteiger partial charge in [0.15, 0.2) is 8.29 Å². The molecule has 2 aromatic carbocycles. The van der Waals surface area contributed by atoms with E-state index in [9.17, 15) is 4.39 Å². The number of hydrogen-bond acceptors (Lipinski definition) is 6. The molecule has 8 heteroatoms. The lowest BCUT2D eigenvalue weighted by molar-refractivity contribution is 0.627. The van der Waals surface area contributed by atoms with E-state index in [4.69, 9.17) is 12.2 Å². The van der Waals surface area contributed by atoms with Gasteiger partial charge < -0.3 is 0 Å². The van der Waals surface area contributed by atoms with Crippen LogP contribution in [0, 0.1) is 9.77 Å². The largest absolute Gasteiger partial charge is 0.240 e. The van der Waals surface area contributed by atoms with Crippen LogP contribution in [0.1, 0.15) is 5.01 Å². The maximum Gasteiger partial charge on any atom is 0.184 e. The average Bonchev–Trinajstić information content (AvgIpc) is 3.16. The number of hydrogen-bond donors (Lipinski definition) is 0. The van der Waals surface area contributed by atoms with Crippen molar-refractivity contribution in [2.24, 2.45) is 0 Å². The lowest BCUT2D eigenvalue weighted by Gasteiger charge is -1.99. The van der Waals surface area contributed by atoms with Gasteiger partial charge >= 0.3 is 0 Å². The molecule has 0 saturated carbocycles. The van der Waals surface area contributed by atoms with Crippen molar-refractivity contribution in [3.63, 3.8) is 0 Å². The highest BCUT2D eigenvalue weighted by molar-refractivity contribution is 8.00. The van der Waals surface area contributed by atoms with Crippen molar-refractivity contribution in [2.45, 2.75) is 10.1 Å². The van der Waals surface area contributed by atoms with Gasteiger partial charge in [0.25, 0.3) is 0 Å². The zero-order chi connectivity index (χ0) is 16.5. The normalized spacial score (nSPS) is 11.2. The zero-order valence-electron chi connectivity index (χ0n) is 12.2. The third-order valence-corrected chi connectivity index (χ3v) is 6.85. The van der Waals surface area contributed by atoms with Gasteiger partial charge in [-0.3, -0.25) is 0 Å². The molecule has 24 heavy (non-hydrogen) atoms. The van der Waals surface area contributed by atoms with E-state index in [2.05, 4.69) is 16.1 Å². The third-order valence-electron chi connectivity index (χ3n) is 3.26. The fourth-order valence-corrected chi connectivity index (χ4v) is 5.49. The van der Waals surface area contributed by atoms with E-state index in [0.717, 1.165) is 26.3 Å². The number of aromatic nitrogens is 3. The molecule has 0 amide bonds. The van der Waals surface area contributed by atoms with Crippen molar-refractivity contribution >= 4 is 56.9 Å². The van der Waals surface area contributed by atoms with Crippen LogP contribution in [0.5, 0.6) is 0 Å². The van der Waals surface area contributed by atoms with Gasteiger partial charge in [0, 0.05) is 0 Å². The molecule has 2 heterocycles. The minimum Gasteiger partial charge on any atom is -0.240 e. The van der Waals surface area contributed by atoms with E-state index >= 15 is 0 Å². The number of thiazole rings is 1. The van der Waals surface area contributed by atoms with Crippen LogP contribution in [0.3, 0.4) is 0 Å². The summed E-state index contributed by atoms with van der Waals surface area (Å²) in [6.07, 6.45) is 0. The minimum atomic E-state index is -0.272. The number of nitrogens with zero attached hydrogens (tertiary/aromatic N) is 3. The second kappa shape index (κ2) is 6.72. The molecule has 0 radical (unpaired) electrons. The minimum absolute atomic E-state index is 0.272. The molecule has 0 atom stereocenters. The highest BCUT2D eigenvalue weighted by Gasteiger charge is 2.09. The van der Waals surface area contributed by atoms with Crippen LogP contribution in [0.25, 0.3) is 15.9 Å². The number of rotatable bonds is 4. The van der Waals surface area contributed by atoms with E-state index in [1.807, 2.05) is 18.2 Å². The van der Waals surface area contributed by atoms with E-state index in [-0.39, 0.29) is 5.82 Å². The maximum absolute atomic E-state index is 13.0. The molecule has 2 aromatic heterocycles. The van der Waals surface area contributed by atoms with Crippen LogP contribution in [0.4, 0.5) is 4.39 Å². The van der Waals surface area contributed by atoms with Gasteiger partial charge in [-0.15, -0.1) is 16.4 Å². The van der Waals surface area contributed by atoms with Crippen LogP contribution in [0.2, 0.25) is 0 Å². The summed E-state index contributed by atoms with van der Waals surface area (Å²) in [5, 5.41) is 5.59. The predicted octanol–water partition coefficient (Wildman–Crippen LogP) is 5.70. The fraction of sp³-hybridized carbons (Fsp3) is 0.0625. The van der Waals surface area contributed by atoms with Crippen molar-refractivity contribution in [3.8, 4) is 5.69 Å². The van der Waals surface area contributed by atoms with E-state index in [1.54, 1.807) is 39.9 Å². The first kappa shape index (κ1) is 15.9. The Balaban J connectivity index is 1.54. The van der Waals surface area contributed by atoms with Crippen molar-refractivity contribution < 1.29 is 4.39 Å². The summed E-state index contributed by atoms with van der Waals surface area (Å²) >= 11 is 10.1. The second-order valence-corrected chi connectivity index (χ2v) is 8.85. The van der Waals surface area contributed by atoms with Crippen LogP contribution in [0.15, 0.2) is 52.9 Å². The van der Waals surface area contributed by atoms with Gasteiger partial charge in [-0.25, -0.2) is 14.1 Å². The van der Waals surface area contributed by atoms with Gasteiger partial charge in [-0.1, -0.05) is 35.2 Å². The van der Waals surface area contributed by atoms with E-state index < -0.39 is 0 Å². The average molecular weight is 392 g/mol. The third kappa shape index (κ3) is 3.27. The Bertz CT molecular complexity index is 1020. The summed E-state index contributed by atoms with van der Waals surface area (Å²) in [5.41, 5.74) is 1.80. The molecule has 120 valence electrons. The molecule has 3 nitrogen and oxygen atoms in total. The van der Waals surface area contributed by atoms with Gasteiger partial charge in [-0.2, -0.15) is 0 Å². The van der Waals surface area contributed by atoms with E-state index in [1.165, 1.54) is 28.2 Å². The van der Waals surface area contributed by atoms with Crippen molar-refractivity contribution in [1.29, 1.82) is 0 Å². The van der Waals surface area contributed by atoms with Crippen LogP contribution in [-0.4, -0.2) is 14.8 Å². The van der Waals surface area contributed by atoms with Crippen LogP contribution in [-0.2, 0) is 5.75 Å². The summed E-state index contributed by atoms with van der Waals surface area (Å²) < 4.78 is 17.4. The highest BCUT2D eigenvalue weighted by Crippen LogP contribution is 2.30. The first-order valence-corrected chi connectivity index (χ1v) is 10.0. The Labute approximate surface area is 154 Å². The van der Waals surface area contributed by atoms with Crippen molar-refractivity contribution in [2.75, 3.05) is 0 Å². The van der Waals surface area contributed by atoms with E-state index in [0.29, 0.717) is 3.95 Å². The summed E-state index contributed by atoms with van der Waals surface area (Å²) in [7, 11) is 0. The summed E-state index contributed by atoms with van der Waals surface area (Å²) in [6, 6.07) is 14.3. The molecule has 0 aliphatic carbocycles. The molecule has 0 bridgehead atoms. The second-order valence-electron chi connectivity index (χ2n) is 4.89. The van der Waals surface area contributed by atoms with Crippen molar-refractivity contribution in [3.05, 3.63) is 63.3 Å². The van der Waals surface area contributed by atoms with Crippen LogP contribution >= 0.6 is 46.7 Å². The quantitative estimate of drug-likeness (QED) is 0.330. The molecule has 0 saturated heterocycles. The molecule has 0 fully saturated rings. The fourth-order valence-electron chi connectivity index (χ4n) is 2.17. The monoisotopic (exact) mass is 391 g/mol. The number of fused-ring (bicyclic) bond motifs is 1. The SMILES string of the molecule is Fc1ccc(-n2nc(SCc3nc4ccccc4s3)sc2=S)cc1. The molecule has 0 unspecified atom stereocenters. The lowest BCUT2D eigenvalue weighted by Crippen LogP contribution is -1.96. The molecule has 0 N–H and O–H groups in total. The standard InChI is InChI=1S/C16H10FN3S4/c17-10-5-7-11(8-6-10)20-16(21)24-15(19-20)22-9-14-18-12-3-1-2-4-13(12)23-14/h1-8H,9H2.